The first kappa shape index (κ1) is 16.5. The fraction of sp³-hybridized carbons (Fsp3) is 0.278. The van der Waals surface area contributed by atoms with Crippen molar-refractivity contribution in [3.05, 3.63) is 66.2 Å². The molecule has 0 heterocycles. The quantitative estimate of drug-likeness (QED) is 0.773. The summed E-state index contributed by atoms with van der Waals surface area (Å²) in [5, 5.41) is 0. The molecule has 0 aromatic heterocycles. The van der Waals surface area contributed by atoms with Crippen molar-refractivity contribution in [2.24, 2.45) is 0 Å². The van der Waals surface area contributed by atoms with Gasteiger partial charge in [0.15, 0.2) is 4.90 Å². The molecule has 0 fully saturated rings. The van der Waals surface area contributed by atoms with E-state index in [1.807, 2.05) is 37.3 Å². The fourth-order valence-electron chi connectivity index (χ4n) is 1.64. The summed E-state index contributed by atoms with van der Waals surface area (Å²) in [7, 11) is 0.421. The van der Waals surface area contributed by atoms with E-state index >= 15 is 0 Å². The summed E-state index contributed by atoms with van der Waals surface area (Å²) >= 11 is 0. The van der Waals surface area contributed by atoms with Crippen LogP contribution < -0.4 is 0 Å². The van der Waals surface area contributed by atoms with Crippen LogP contribution in [-0.4, -0.2) is 18.3 Å². The topological polar surface area (TPSA) is 17.1 Å². The second-order valence-corrected chi connectivity index (χ2v) is 6.79. The lowest BCUT2D eigenvalue weighted by atomic mass is 10.1. The molecule has 0 saturated heterocycles. The van der Waals surface area contributed by atoms with Crippen molar-refractivity contribution in [1.29, 1.82) is 0 Å². The van der Waals surface area contributed by atoms with Crippen LogP contribution in [0.5, 0.6) is 0 Å². The van der Waals surface area contributed by atoms with Gasteiger partial charge in [-0.25, -0.2) is 0 Å². The first-order valence-corrected chi connectivity index (χ1v) is 8.86. The SMILES string of the molecule is CCC(=O)Cc1ccccc1.C[S+](C)c1ccccc1. The van der Waals surface area contributed by atoms with Crippen molar-refractivity contribution >= 4 is 16.7 Å². The van der Waals surface area contributed by atoms with Crippen LogP contribution in [0.1, 0.15) is 18.9 Å². The Bertz CT molecular complexity index is 491. The molecule has 2 heteroatoms. The molecule has 0 N–H and O–H groups in total. The smallest absolute Gasteiger partial charge is 0.154 e. The minimum atomic E-state index is 0.302. The molecule has 2 aromatic rings. The van der Waals surface area contributed by atoms with Crippen LogP contribution in [0.25, 0.3) is 0 Å². The van der Waals surface area contributed by atoms with Gasteiger partial charge in [-0.15, -0.1) is 0 Å². The molecular formula is C18H23OS+. The predicted molar refractivity (Wildman–Crippen MR) is 89.4 cm³/mol. The van der Waals surface area contributed by atoms with Crippen LogP contribution in [0.2, 0.25) is 0 Å². The molecule has 0 aliphatic rings. The van der Waals surface area contributed by atoms with E-state index in [0.29, 0.717) is 29.5 Å². The summed E-state index contributed by atoms with van der Waals surface area (Å²) in [5.74, 6) is 0.302. The third-order valence-electron chi connectivity index (χ3n) is 2.85. The third-order valence-corrected chi connectivity index (χ3v) is 4.07. The third kappa shape index (κ3) is 6.58. The van der Waals surface area contributed by atoms with Crippen molar-refractivity contribution in [3.8, 4) is 0 Å². The molecule has 20 heavy (non-hydrogen) atoms. The Morgan fingerprint density at radius 3 is 1.80 bits per heavy atom. The number of ketones is 1. The Morgan fingerprint density at radius 2 is 1.40 bits per heavy atom. The van der Waals surface area contributed by atoms with Gasteiger partial charge in [-0.2, -0.15) is 0 Å². The van der Waals surface area contributed by atoms with E-state index in [2.05, 4.69) is 42.8 Å². The lowest BCUT2D eigenvalue weighted by Gasteiger charge is -1.96. The normalized spacial score (nSPS) is 9.80. The molecule has 0 amide bonds. The van der Waals surface area contributed by atoms with Gasteiger partial charge in [0.1, 0.15) is 18.3 Å². The van der Waals surface area contributed by atoms with E-state index in [-0.39, 0.29) is 0 Å². The maximum absolute atomic E-state index is 11.0. The average Bonchev–Trinajstić information content (AvgIpc) is 2.49. The van der Waals surface area contributed by atoms with Crippen molar-refractivity contribution in [1.82, 2.24) is 0 Å². The van der Waals surface area contributed by atoms with E-state index in [0.717, 1.165) is 5.56 Å². The number of carbonyl (C=O) groups is 1. The van der Waals surface area contributed by atoms with Crippen molar-refractivity contribution in [3.63, 3.8) is 0 Å². The first-order chi connectivity index (χ1) is 9.63. The molecule has 2 aromatic carbocycles. The van der Waals surface area contributed by atoms with Gasteiger partial charge in [0, 0.05) is 23.7 Å². The number of hydrogen-bond acceptors (Lipinski definition) is 1. The van der Waals surface area contributed by atoms with Gasteiger partial charge in [-0.3, -0.25) is 4.79 Å². The first-order valence-electron chi connectivity index (χ1n) is 6.81. The van der Waals surface area contributed by atoms with Gasteiger partial charge in [0.2, 0.25) is 0 Å². The predicted octanol–water partition coefficient (Wildman–Crippen LogP) is 4.13. The molecule has 0 saturated carbocycles. The van der Waals surface area contributed by atoms with E-state index < -0.39 is 0 Å². The Morgan fingerprint density at radius 1 is 0.900 bits per heavy atom. The van der Waals surface area contributed by atoms with Gasteiger partial charge in [0.25, 0.3) is 0 Å². The number of benzene rings is 2. The van der Waals surface area contributed by atoms with Crippen LogP contribution in [0.15, 0.2) is 65.6 Å². The van der Waals surface area contributed by atoms with Crippen molar-refractivity contribution < 1.29 is 4.79 Å². The molecule has 0 unspecified atom stereocenters. The number of Topliss-reactive ketones (excluding diaryl/α,β-unsaturated/α-hetero) is 1. The lowest BCUT2D eigenvalue weighted by Crippen LogP contribution is -1.99. The van der Waals surface area contributed by atoms with Gasteiger partial charge >= 0.3 is 0 Å². The molecular weight excluding hydrogens is 264 g/mol. The highest BCUT2D eigenvalue weighted by Crippen LogP contribution is 2.06. The minimum absolute atomic E-state index is 0.302. The van der Waals surface area contributed by atoms with E-state index in [1.54, 1.807) is 0 Å². The largest absolute Gasteiger partial charge is 0.299 e. The minimum Gasteiger partial charge on any atom is -0.299 e. The Hall–Kier alpha value is -1.54. The summed E-state index contributed by atoms with van der Waals surface area (Å²) < 4.78 is 0. The van der Waals surface area contributed by atoms with Gasteiger partial charge in [-0.1, -0.05) is 55.5 Å². The zero-order valence-corrected chi connectivity index (χ0v) is 13.3. The summed E-state index contributed by atoms with van der Waals surface area (Å²) in [5.41, 5.74) is 1.11. The van der Waals surface area contributed by atoms with Crippen LogP contribution in [0.4, 0.5) is 0 Å². The molecule has 0 aliphatic heterocycles. The van der Waals surface area contributed by atoms with Crippen LogP contribution in [0.3, 0.4) is 0 Å². The maximum atomic E-state index is 11.0. The highest BCUT2D eigenvalue weighted by molar-refractivity contribution is 7.95. The molecule has 0 radical (unpaired) electrons. The summed E-state index contributed by atoms with van der Waals surface area (Å²) in [6.45, 7) is 1.89. The molecule has 1 nitrogen and oxygen atoms in total. The Labute approximate surface area is 125 Å². The maximum Gasteiger partial charge on any atom is 0.154 e. The monoisotopic (exact) mass is 287 g/mol. The number of hydrogen-bond donors (Lipinski definition) is 0. The Kier molecular flexibility index (Phi) is 7.74. The van der Waals surface area contributed by atoms with E-state index in [1.165, 1.54) is 4.90 Å². The molecule has 106 valence electrons. The Balaban J connectivity index is 0.000000204. The second kappa shape index (κ2) is 9.38. The molecule has 0 aliphatic carbocycles. The van der Waals surface area contributed by atoms with E-state index in [4.69, 9.17) is 0 Å². The molecule has 0 bridgehead atoms. The summed E-state index contributed by atoms with van der Waals surface area (Å²) in [4.78, 5) is 12.4. The van der Waals surface area contributed by atoms with Crippen LogP contribution in [0, 0.1) is 0 Å². The fourth-order valence-corrected chi connectivity index (χ4v) is 2.34. The number of rotatable bonds is 4. The highest BCUT2D eigenvalue weighted by atomic mass is 32.2. The zero-order chi connectivity index (χ0) is 14.8. The second-order valence-electron chi connectivity index (χ2n) is 4.68. The lowest BCUT2D eigenvalue weighted by molar-refractivity contribution is -0.118. The van der Waals surface area contributed by atoms with Gasteiger partial charge in [0.05, 0.1) is 0 Å². The molecule has 0 atom stereocenters. The van der Waals surface area contributed by atoms with Crippen molar-refractivity contribution in [2.75, 3.05) is 12.5 Å². The van der Waals surface area contributed by atoms with Crippen molar-refractivity contribution in [2.45, 2.75) is 24.7 Å². The molecule has 2 rings (SSSR count). The average molecular weight is 287 g/mol. The zero-order valence-electron chi connectivity index (χ0n) is 12.5. The van der Waals surface area contributed by atoms with Crippen LogP contribution in [-0.2, 0) is 22.1 Å². The standard InChI is InChI=1S/C10H12O.C8H11S/c1-2-10(11)8-9-6-4-3-5-7-9;1-9(2)8-6-4-3-5-7-8/h3-7H,2,8H2,1H3;3-7H,1-2H3/q;+1. The summed E-state index contributed by atoms with van der Waals surface area (Å²) in [6, 6.07) is 20.4. The highest BCUT2D eigenvalue weighted by Gasteiger charge is 2.03. The van der Waals surface area contributed by atoms with E-state index in [9.17, 15) is 4.79 Å². The molecule has 0 spiro atoms. The van der Waals surface area contributed by atoms with Gasteiger partial charge < -0.3 is 0 Å². The van der Waals surface area contributed by atoms with Gasteiger partial charge in [-0.05, 0) is 17.7 Å². The van der Waals surface area contributed by atoms with Crippen LogP contribution >= 0.6 is 0 Å². The number of carbonyl (C=O) groups excluding carboxylic acids is 1. The summed E-state index contributed by atoms with van der Waals surface area (Å²) in [6.07, 6.45) is 5.68.